The third-order valence-electron chi connectivity index (χ3n) is 2.42. The van der Waals surface area contributed by atoms with Gasteiger partial charge >= 0.3 is 0 Å². The van der Waals surface area contributed by atoms with Crippen LogP contribution in [0, 0.1) is 0 Å². The lowest BCUT2D eigenvalue weighted by molar-refractivity contribution is 0.101. The number of carbonyl (C=O) groups excluding carboxylic acids is 1. The Balaban J connectivity index is 2.26. The number of ether oxygens (including phenoxy) is 1. The van der Waals surface area contributed by atoms with Crippen LogP contribution in [-0.4, -0.2) is 35.3 Å². The third kappa shape index (κ3) is 2.48. The van der Waals surface area contributed by atoms with E-state index < -0.39 is 0 Å². The summed E-state index contributed by atoms with van der Waals surface area (Å²) in [5.74, 6) is 0.634. The zero-order valence-corrected chi connectivity index (χ0v) is 10.5. The molecule has 0 amide bonds. The topological polar surface area (TPSA) is 71.1 Å². The highest BCUT2D eigenvalue weighted by Crippen LogP contribution is 2.25. The first-order valence-electron chi connectivity index (χ1n) is 5.45. The number of Topliss-reactive ketones (excluding diaryl/α,β-unsaturated/α-hetero) is 1. The molecule has 18 heavy (non-hydrogen) atoms. The number of carbonyl (C=O) groups is 1. The maximum atomic E-state index is 11.3. The number of ketones is 1. The molecule has 0 unspecified atom stereocenters. The number of aromatic nitrogens is 3. The van der Waals surface area contributed by atoms with E-state index in [1.165, 1.54) is 6.92 Å². The van der Waals surface area contributed by atoms with Crippen molar-refractivity contribution in [2.45, 2.75) is 6.92 Å². The molecule has 0 aliphatic carbocycles. The van der Waals surface area contributed by atoms with Crippen LogP contribution in [0.2, 0.25) is 0 Å². The van der Waals surface area contributed by atoms with E-state index in [1.807, 2.05) is 37.2 Å². The zero-order valence-electron chi connectivity index (χ0n) is 10.5. The summed E-state index contributed by atoms with van der Waals surface area (Å²) < 4.78 is 5.55. The minimum absolute atomic E-state index is 0.168. The van der Waals surface area contributed by atoms with Gasteiger partial charge in [-0.05, 0) is 12.1 Å². The van der Waals surface area contributed by atoms with E-state index in [2.05, 4.69) is 15.4 Å². The average Bonchev–Trinajstić information content (AvgIpc) is 2.77. The van der Waals surface area contributed by atoms with Crippen LogP contribution < -0.4 is 9.64 Å². The Morgan fingerprint density at radius 1 is 1.39 bits per heavy atom. The van der Waals surface area contributed by atoms with Gasteiger partial charge < -0.3 is 9.64 Å². The normalized spacial score (nSPS) is 10.2. The van der Waals surface area contributed by atoms with Crippen LogP contribution in [0.4, 0.5) is 5.69 Å². The first-order chi connectivity index (χ1) is 8.58. The van der Waals surface area contributed by atoms with E-state index in [0.717, 1.165) is 5.69 Å². The van der Waals surface area contributed by atoms with Gasteiger partial charge in [0.2, 0.25) is 0 Å². The number of anilines is 1. The fourth-order valence-corrected chi connectivity index (χ4v) is 1.46. The number of nitrogens with zero attached hydrogens (tertiary/aromatic N) is 3. The first kappa shape index (κ1) is 12.1. The van der Waals surface area contributed by atoms with Gasteiger partial charge in [0.15, 0.2) is 11.5 Å². The number of H-pyrrole nitrogens is 1. The minimum Gasteiger partial charge on any atom is -0.436 e. The van der Waals surface area contributed by atoms with Crippen molar-refractivity contribution in [2.75, 3.05) is 19.0 Å². The van der Waals surface area contributed by atoms with Gasteiger partial charge in [0.25, 0.3) is 5.88 Å². The Kier molecular flexibility index (Phi) is 3.27. The van der Waals surface area contributed by atoms with Gasteiger partial charge in [-0.15, -0.1) is 0 Å². The lowest BCUT2D eigenvalue weighted by Gasteiger charge is -2.13. The number of rotatable bonds is 4. The van der Waals surface area contributed by atoms with Crippen molar-refractivity contribution < 1.29 is 9.53 Å². The molecule has 94 valence electrons. The van der Waals surface area contributed by atoms with Gasteiger partial charge in [0, 0.05) is 32.8 Å². The molecule has 0 aliphatic heterocycles. The Morgan fingerprint density at radius 3 is 2.83 bits per heavy atom. The van der Waals surface area contributed by atoms with Crippen molar-refractivity contribution in [1.82, 2.24) is 15.4 Å². The molecule has 1 aromatic heterocycles. The van der Waals surface area contributed by atoms with Crippen molar-refractivity contribution in [1.29, 1.82) is 0 Å². The van der Waals surface area contributed by atoms with Crippen LogP contribution in [0.25, 0.3) is 0 Å². The van der Waals surface area contributed by atoms with Crippen molar-refractivity contribution in [3.8, 4) is 11.6 Å². The molecule has 1 aromatic carbocycles. The molecule has 6 nitrogen and oxygen atoms in total. The predicted molar refractivity (Wildman–Crippen MR) is 67.2 cm³/mol. The van der Waals surface area contributed by atoms with Crippen molar-refractivity contribution in [2.24, 2.45) is 0 Å². The molecule has 6 heteroatoms. The minimum atomic E-state index is -0.168. The molecule has 1 heterocycles. The highest BCUT2D eigenvalue weighted by atomic mass is 16.5. The monoisotopic (exact) mass is 246 g/mol. The van der Waals surface area contributed by atoms with Crippen LogP contribution in [0.5, 0.6) is 11.6 Å². The van der Waals surface area contributed by atoms with Gasteiger partial charge in [-0.3, -0.25) is 9.89 Å². The lowest BCUT2D eigenvalue weighted by atomic mass is 10.3. The summed E-state index contributed by atoms with van der Waals surface area (Å²) in [6.07, 6.45) is 0. The van der Waals surface area contributed by atoms with Gasteiger partial charge in [-0.1, -0.05) is 16.4 Å². The smallest absolute Gasteiger partial charge is 0.269 e. The quantitative estimate of drug-likeness (QED) is 0.834. The largest absolute Gasteiger partial charge is 0.436 e. The van der Waals surface area contributed by atoms with E-state index in [0.29, 0.717) is 5.75 Å². The number of benzene rings is 1. The maximum Gasteiger partial charge on any atom is 0.269 e. The summed E-state index contributed by atoms with van der Waals surface area (Å²) in [6.45, 7) is 1.43. The van der Waals surface area contributed by atoms with Gasteiger partial charge in [-0.2, -0.15) is 0 Å². The second kappa shape index (κ2) is 4.87. The van der Waals surface area contributed by atoms with Crippen LogP contribution in [-0.2, 0) is 0 Å². The molecule has 2 rings (SSSR count). The molecule has 0 radical (unpaired) electrons. The van der Waals surface area contributed by atoms with E-state index >= 15 is 0 Å². The molecule has 0 bridgehead atoms. The standard InChI is InChI=1S/C12H14N4O2/c1-8(17)11-12(14-15-13-11)18-10-6-4-5-9(7-10)16(2)3/h4-7H,1-3H3,(H,13,14,15). The molecular weight excluding hydrogens is 232 g/mol. The second-order valence-corrected chi connectivity index (χ2v) is 4.04. The van der Waals surface area contributed by atoms with Gasteiger partial charge in [0.1, 0.15) is 5.75 Å². The summed E-state index contributed by atoms with van der Waals surface area (Å²) in [4.78, 5) is 13.3. The number of hydrogen-bond donors (Lipinski definition) is 1. The number of nitrogens with one attached hydrogen (secondary N) is 1. The highest BCUT2D eigenvalue weighted by molar-refractivity contribution is 5.94. The molecular formula is C12H14N4O2. The second-order valence-electron chi connectivity index (χ2n) is 4.04. The Labute approximate surface area is 105 Å². The summed E-state index contributed by atoms with van der Waals surface area (Å²) in [5.41, 5.74) is 1.27. The van der Waals surface area contributed by atoms with Crippen LogP contribution >= 0.6 is 0 Å². The molecule has 1 N–H and O–H groups in total. The van der Waals surface area contributed by atoms with Crippen molar-refractivity contribution >= 4 is 11.5 Å². The molecule has 0 fully saturated rings. The summed E-state index contributed by atoms with van der Waals surface area (Å²) in [5, 5.41) is 9.83. The number of hydrogen-bond acceptors (Lipinski definition) is 5. The Bertz CT molecular complexity index is 563. The average molecular weight is 246 g/mol. The summed E-state index contributed by atoms with van der Waals surface area (Å²) in [7, 11) is 3.88. The Hall–Kier alpha value is -2.37. The van der Waals surface area contributed by atoms with Crippen LogP contribution in [0.15, 0.2) is 24.3 Å². The van der Waals surface area contributed by atoms with Crippen LogP contribution in [0.1, 0.15) is 17.4 Å². The molecule has 2 aromatic rings. The third-order valence-corrected chi connectivity index (χ3v) is 2.42. The lowest BCUT2D eigenvalue weighted by Crippen LogP contribution is -2.08. The molecule has 0 aliphatic rings. The van der Waals surface area contributed by atoms with E-state index in [1.54, 1.807) is 6.07 Å². The Morgan fingerprint density at radius 2 is 2.17 bits per heavy atom. The maximum absolute atomic E-state index is 11.3. The van der Waals surface area contributed by atoms with Gasteiger partial charge in [-0.25, -0.2) is 0 Å². The highest BCUT2D eigenvalue weighted by Gasteiger charge is 2.13. The molecule has 0 atom stereocenters. The van der Waals surface area contributed by atoms with E-state index in [9.17, 15) is 4.79 Å². The fraction of sp³-hybridized carbons (Fsp3) is 0.250. The number of aromatic amines is 1. The van der Waals surface area contributed by atoms with E-state index in [-0.39, 0.29) is 17.4 Å². The van der Waals surface area contributed by atoms with Crippen molar-refractivity contribution in [3.05, 3.63) is 30.0 Å². The van der Waals surface area contributed by atoms with Crippen molar-refractivity contribution in [3.63, 3.8) is 0 Å². The fourth-order valence-electron chi connectivity index (χ4n) is 1.46. The predicted octanol–water partition coefficient (Wildman–Crippen LogP) is 1.87. The summed E-state index contributed by atoms with van der Waals surface area (Å²) in [6, 6.07) is 7.49. The van der Waals surface area contributed by atoms with E-state index in [4.69, 9.17) is 4.74 Å². The molecule has 0 saturated carbocycles. The molecule has 0 spiro atoms. The van der Waals surface area contributed by atoms with Gasteiger partial charge in [0.05, 0.1) is 0 Å². The SMILES string of the molecule is CC(=O)c1[nH]nnc1Oc1cccc(N(C)C)c1. The summed E-state index contributed by atoms with van der Waals surface area (Å²) >= 11 is 0. The zero-order chi connectivity index (χ0) is 13.1. The first-order valence-corrected chi connectivity index (χ1v) is 5.45. The van der Waals surface area contributed by atoms with Crippen LogP contribution in [0.3, 0.4) is 0 Å². The molecule has 0 saturated heterocycles.